The van der Waals surface area contributed by atoms with Crippen molar-refractivity contribution in [2.75, 3.05) is 5.88 Å². The molecule has 0 aliphatic heterocycles. The van der Waals surface area contributed by atoms with E-state index in [4.69, 9.17) is 16.9 Å². The maximum absolute atomic E-state index is 9.14. The van der Waals surface area contributed by atoms with Crippen molar-refractivity contribution in [3.05, 3.63) is 48.0 Å². The second-order valence-electron chi connectivity index (χ2n) is 3.61. The van der Waals surface area contributed by atoms with E-state index in [9.17, 15) is 0 Å². The molecule has 0 aromatic carbocycles. The molecule has 2 aromatic rings. The summed E-state index contributed by atoms with van der Waals surface area (Å²) < 4.78 is 1.74. The summed E-state index contributed by atoms with van der Waals surface area (Å²) in [5.41, 5.74) is 2.04. The summed E-state index contributed by atoms with van der Waals surface area (Å²) in [4.78, 5) is 4.15. The monoisotopic (exact) mass is 258 g/mol. The normalized spacial score (nSPS) is 11.2. The molecule has 0 aliphatic carbocycles. The van der Waals surface area contributed by atoms with Gasteiger partial charge in [0.25, 0.3) is 0 Å². The fourth-order valence-electron chi connectivity index (χ4n) is 1.52. The standard InChI is InChI=1S/C13H11ClN4/c14-4-6-18-10-11(9-17-18)7-12(8-15)13-3-1-2-5-16-13/h1-3,5,7,9-10H,4,6H2/b12-7-. The summed E-state index contributed by atoms with van der Waals surface area (Å²) in [7, 11) is 0. The Morgan fingerprint density at radius 2 is 2.39 bits per heavy atom. The summed E-state index contributed by atoms with van der Waals surface area (Å²) >= 11 is 5.64. The molecular formula is C13H11ClN4. The SMILES string of the molecule is N#C/C(=C/c1cnn(CCCl)c1)c1ccccn1. The minimum absolute atomic E-state index is 0.510. The molecule has 0 atom stereocenters. The molecule has 0 unspecified atom stereocenters. The van der Waals surface area contributed by atoms with Gasteiger partial charge in [-0.25, -0.2) is 0 Å². The van der Waals surface area contributed by atoms with E-state index < -0.39 is 0 Å². The van der Waals surface area contributed by atoms with Crippen LogP contribution in [0.5, 0.6) is 0 Å². The first-order chi connectivity index (χ1) is 8.83. The number of hydrogen-bond donors (Lipinski definition) is 0. The topological polar surface area (TPSA) is 54.5 Å². The number of halogens is 1. The Hall–Kier alpha value is -2.12. The lowest BCUT2D eigenvalue weighted by Gasteiger charge is -1.96. The fourth-order valence-corrected chi connectivity index (χ4v) is 1.69. The van der Waals surface area contributed by atoms with Crippen LogP contribution in [0.3, 0.4) is 0 Å². The molecule has 0 radical (unpaired) electrons. The number of aromatic nitrogens is 3. The van der Waals surface area contributed by atoms with Crippen LogP contribution in [0.2, 0.25) is 0 Å². The number of hydrogen-bond acceptors (Lipinski definition) is 3. The van der Waals surface area contributed by atoms with Crippen molar-refractivity contribution >= 4 is 23.3 Å². The van der Waals surface area contributed by atoms with Crippen molar-refractivity contribution in [1.82, 2.24) is 14.8 Å². The number of alkyl halides is 1. The summed E-state index contributed by atoms with van der Waals surface area (Å²) in [6, 6.07) is 7.62. The first-order valence-electron chi connectivity index (χ1n) is 5.45. The van der Waals surface area contributed by atoms with Crippen molar-refractivity contribution < 1.29 is 0 Å². The van der Waals surface area contributed by atoms with E-state index in [1.165, 1.54) is 0 Å². The largest absolute Gasteiger partial charge is 0.271 e. The number of pyridine rings is 1. The van der Waals surface area contributed by atoms with Gasteiger partial charge >= 0.3 is 0 Å². The van der Waals surface area contributed by atoms with E-state index in [2.05, 4.69) is 16.2 Å². The van der Waals surface area contributed by atoms with E-state index in [1.54, 1.807) is 29.2 Å². The van der Waals surface area contributed by atoms with Crippen LogP contribution >= 0.6 is 11.6 Å². The number of nitrogens with zero attached hydrogens (tertiary/aromatic N) is 4. The van der Waals surface area contributed by atoms with E-state index in [-0.39, 0.29) is 0 Å². The number of rotatable bonds is 4. The zero-order chi connectivity index (χ0) is 12.8. The smallest absolute Gasteiger partial charge is 0.101 e. The average Bonchev–Trinajstić information content (AvgIpc) is 2.85. The first-order valence-corrected chi connectivity index (χ1v) is 5.98. The number of aryl methyl sites for hydroxylation is 1. The number of nitriles is 1. The Kier molecular flexibility index (Phi) is 4.11. The van der Waals surface area contributed by atoms with E-state index in [1.807, 2.05) is 18.3 Å². The zero-order valence-corrected chi connectivity index (χ0v) is 10.4. The van der Waals surface area contributed by atoms with Gasteiger partial charge in [-0.1, -0.05) is 6.07 Å². The zero-order valence-electron chi connectivity index (χ0n) is 9.62. The molecule has 0 saturated carbocycles. The third-order valence-electron chi connectivity index (χ3n) is 2.34. The molecule has 0 aliphatic rings. The van der Waals surface area contributed by atoms with Crippen molar-refractivity contribution in [1.29, 1.82) is 5.26 Å². The van der Waals surface area contributed by atoms with Crippen LogP contribution in [0.25, 0.3) is 11.6 Å². The van der Waals surface area contributed by atoms with Crippen LogP contribution in [-0.4, -0.2) is 20.6 Å². The van der Waals surface area contributed by atoms with Gasteiger partial charge in [0.15, 0.2) is 0 Å². The Balaban J connectivity index is 2.27. The lowest BCUT2D eigenvalue weighted by molar-refractivity contribution is 0.664. The number of allylic oxidation sites excluding steroid dienone is 1. The van der Waals surface area contributed by atoms with Gasteiger partial charge in [-0.3, -0.25) is 9.67 Å². The highest BCUT2D eigenvalue weighted by atomic mass is 35.5. The van der Waals surface area contributed by atoms with Crippen molar-refractivity contribution in [2.45, 2.75) is 6.54 Å². The Morgan fingerprint density at radius 1 is 1.50 bits per heavy atom. The first kappa shape index (κ1) is 12.3. The molecule has 2 aromatic heterocycles. The molecule has 0 amide bonds. The lowest BCUT2D eigenvalue weighted by Crippen LogP contribution is -1.98. The Labute approximate surface area is 110 Å². The third kappa shape index (κ3) is 2.96. The second kappa shape index (κ2) is 5.99. The highest BCUT2D eigenvalue weighted by Crippen LogP contribution is 2.14. The van der Waals surface area contributed by atoms with Crippen LogP contribution in [0.4, 0.5) is 0 Å². The Bertz CT molecular complexity index is 581. The molecule has 2 heterocycles. The molecular weight excluding hydrogens is 248 g/mol. The Morgan fingerprint density at radius 3 is 3.06 bits per heavy atom. The summed E-state index contributed by atoms with van der Waals surface area (Å²) in [5.74, 6) is 0.510. The lowest BCUT2D eigenvalue weighted by atomic mass is 10.1. The third-order valence-corrected chi connectivity index (χ3v) is 2.51. The van der Waals surface area contributed by atoms with Gasteiger partial charge in [-0.05, 0) is 18.2 Å². The van der Waals surface area contributed by atoms with Gasteiger partial charge in [0, 0.05) is 23.8 Å². The second-order valence-corrected chi connectivity index (χ2v) is 3.99. The van der Waals surface area contributed by atoms with E-state index in [0.29, 0.717) is 23.7 Å². The highest BCUT2D eigenvalue weighted by molar-refractivity contribution is 6.17. The fraction of sp³-hybridized carbons (Fsp3) is 0.154. The minimum atomic E-state index is 0.510. The van der Waals surface area contributed by atoms with Crippen LogP contribution in [0.15, 0.2) is 36.8 Å². The summed E-state index contributed by atoms with van der Waals surface area (Å²) in [6.45, 7) is 0.654. The van der Waals surface area contributed by atoms with Crippen molar-refractivity contribution in [3.63, 3.8) is 0 Å². The molecule has 0 saturated heterocycles. The minimum Gasteiger partial charge on any atom is -0.271 e. The van der Waals surface area contributed by atoms with Crippen LogP contribution in [0.1, 0.15) is 11.3 Å². The van der Waals surface area contributed by atoms with E-state index in [0.717, 1.165) is 5.56 Å². The molecule has 2 rings (SSSR count). The van der Waals surface area contributed by atoms with Crippen molar-refractivity contribution in [2.24, 2.45) is 0 Å². The predicted molar refractivity (Wildman–Crippen MR) is 70.7 cm³/mol. The van der Waals surface area contributed by atoms with E-state index >= 15 is 0 Å². The van der Waals surface area contributed by atoms with Gasteiger partial charge in [-0.2, -0.15) is 10.4 Å². The molecule has 0 spiro atoms. The maximum Gasteiger partial charge on any atom is 0.101 e. The van der Waals surface area contributed by atoms with Crippen LogP contribution in [-0.2, 0) is 6.54 Å². The molecule has 90 valence electrons. The average molecular weight is 259 g/mol. The quantitative estimate of drug-likeness (QED) is 0.626. The maximum atomic E-state index is 9.14. The molecule has 0 bridgehead atoms. The summed E-state index contributed by atoms with van der Waals surface area (Å²) in [6.07, 6.45) is 6.98. The molecule has 0 fully saturated rings. The van der Waals surface area contributed by atoms with Crippen molar-refractivity contribution in [3.8, 4) is 6.07 Å². The van der Waals surface area contributed by atoms with Gasteiger partial charge in [0.05, 0.1) is 24.0 Å². The van der Waals surface area contributed by atoms with Gasteiger partial charge < -0.3 is 0 Å². The van der Waals surface area contributed by atoms with Gasteiger partial charge in [0.2, 0.25) is 0 Å². The highest BCUT2D eigenvalue weighted by Gasteiger charge is 2.03. The summed E-state index contributed by atoms with van der Waals surface area (Å²) in [5, 5.41) is 13.3. The molecule has 5 heteroatoms. The predicted octanol–water partition coefficient (Wildman–Crippen LogP) is 2.58. The van der Waals surface area contributed by atoms with Crippen LogP contribution < -0.4 is 0 Å². The molecule has 0 N–H and O–H groups in total. The van der Waals surface area contributed by atoms with Gasteiger partial charge in [0.1, 0.15) is 6.07 Å². The van der Waals surface area contributed by atoms with Gasteiger partial charge in [-0.15, -0.1) is 11.6 Å². The molecule has 18 heavy (non-hydrogen) atoms. The molecule has 4 nitrogen and oxygen atoms in total. The van der Waals surface area contributed by atoms with Crippen LogP contribution in [0, 0.1) is 11.3 Å².